The Hall–Kier alpha value is -1.63. The number of urea groups is 1. The molecule has 112 valence electrons. The Kier molecular flexibility index (Phi) is 5.94. The minimum Gasteiger partial charge on any atom is -0.481 e. The first kappa shape index (κ1) is 16.4. The second-order valence-electron chi connectivity index (χ2n) is 4.73. The molecule has 2 unspecified atom stereocenters. The van der Waals surface area contributed by atoms with Crippen molar-refractivity contribution in [2.24, 2.45) is 0 Å². The standard InChI is InChI=1S/C13H21N3O3S/c1-5-16(9(3)6-11(17)18)13(19)15-10(4)12-14-8(2)7-20-12/h7,9-10H,5-6H2,1-4H3,(H,15,19)(H,17,18). The third-order valence-corrected chi connectivity index (χ3v) is 4.10. The zero-order valence-electron chi connectivity index (χ0n) is 12.2. The molecule has 0 aliphatic carbocycles. The number of aryl methyl sites for hydroxylation is 1. The Bertz CT molecular complexity index is 475. The third kappa shape index (κ3) is 4.48. The number of aliphatic carboxylic acids is 1. The lowest BCUT2D eigenvalue weighted by Crippen LogP contribution is -2.46. The SMILES string of the molecule is CCN(C(=O)NC(C)c1nc(C)cs1)C(C)CC(=O)O. The molecule has 0 bridgehead atoms. The molecule has 0 aliphatic heterocycles. The Morgan fingerprint density at radius 3 is 2.60 bits per heavy atom. The van der Waals surface area contributed by atoms with E-state index in [2.05, 4.69) is 10.3 Å². The minimum absolute atomic E-state index is 0.0635. The van der Waals surface area contributed by atoms with Gasteiger partial charge in [0.2, 0.25) is 0 Å². The van der Waals surface area contributed by atoms with E-state index < -0.39 is 5.97 Å². The van der Waals surface area contributed by atoms with Crippen LogP contribution < -0.4 is 5.32 Å². The van der Waals surface area contributed by atoms with Gasteiger partial charge in [-0.25, -0.2) is 9.78 Å². The number of hydrogen-bond donors (Lipinski definition) is 2. The molecule has 2 N–H and O–H groups in total. The zero-order valence-corrected chi connectivity index (χ0v) is 13.0. The van der Waals surface area contributed by atoms with Crippen molar-refractivity contribution < 1.29 is 14.7 Å². The predicted octanol–water partition coefficient (Wildman–Crippen LogP) is 2.41. The van der Waals surface area contributed by atoms with Gasteiger partial charge in [0.25, 0.3) is 0 Å². The smallest absolute Gasteiger partial charge is 0.318 e. The van der Waals surface area contributed by atoms with Crippen molar-refractivity contribution in [1.82, 2.24) is 15.2 Å². The van der Waals surface area contributed by atoms with Gasteiger partial charge in [-0.15, -0.1) is 11.3 Å². The van der Waals surface area contributed by atoms with Crippen LogP contribution in [0.5, 0.6) is 0 Å². The molecule has 0 aliphatic rings. The molecule has 7 heteroatoms. The summed E-state index contributed by atoms with van der Waals surface area (Å²) in [5.74, 6) is -0.910. The van der Waals surface area contributed by atoms with Crippen LogP contribution in [0.1, 0.15) is 43.9 Å². The fourth-order valence-corrected chi connectivity index (χ4v) is 2.72. The lowest BCUT2D eigenvalue weighted by Gasteiger charge is -2.28. The first-order valence-corrected chi connectivity index (χ1v) is 7.44. The Morgan fingerprint density at radius 2 is 2.15 bits per heavy atom. The molecular formula is C13H21N3O3S. The first-order chi connectivity index (χ1) is 9.35. The zero-order chi connectivity index (χ0) is 15.3. The second kappa shape index (κ2) is 7.23. The van der Waals surface area contributed by atoms with Crippen molar-refractivity contribution in [2.45, 2.75) is 46.2 Å². The minimum atomic E-state index is -0.910. The van der Waals surface area contributed by atoms with Crippen LogP contribution in [0.15, 0.2) is 5.38 Å². The number of nitrogens with one attached hydrogen (secondary N) is 1. The molecule has 0 saturated heterocycles. The lowest BCUT2D eigenvalue weighted by atomic mass is 10.2. The van der Waals surface area contributed by atoms with Crippen LogP contribution in [0, 0.1) is 6.92 Å². The molecule has 0 spiro atoms. The normalized spacial score (nSPS) is 13.6. The summed E-state index contributed by atoms with van der Waals surface area (Å²) in [5, 5.41) is 14.4. The van der Waals surface area contributed by atoms with Crippen LogP contribution in [0.4, 0.5) is 4.79 Å². The number of thiazole rings is 1. The van der Waals surface area contributed by atoms with E-state index in [-0.39, 0.29) is 24.5 Å². The maximum atomic E-state index is 12.2. The van der Waals surface area contributed by atoms with Crippen molar-refractivity contribution in [2.75, 3.05) is 6.54 Å². The van der Waals surface area contributed by atoms with E-state index in [4.69, 9.17) is 5.11 Å². The fourth-order valence-electron chi connectivity index (χ4n) is 1.92. The van der Waals surface area contributed by atoms with Gasteiger partial charge in [0, 0.05) is 23.7 Å². The Labute approximate surface area is 122 Å². The summed E-state index contributed by atoms with van der Waals surface area (Å²) in [6.07, 6.45) is -0.0635. The topological polar surface area (TPSA) is 82.5 Å². The van der Waals surface area contributed by atoms with E-state index in [9.17, 15) is 9.59 Å². The van der Waals surface area contributed by atoms with Crippen LogP contribution in [-0.4, -0.2) is 39.6 Å². The van der Waals surface area contributed by atoms with Gasteiger partial charge in [-0.2, -0.15) is 0 Å². The molecule has 0 radical (unpaired) electrons. The van der Waals surface area contributed by atoms with E-state index in [0.717, 1.165) is 10.7 Å². The van der Waals surface area contributed by atoms with E-state index in [1.165, 1.54) is 16.2 Å². The van der Waals surface area contributed by atoms with Crippen LogP contribution in [-0.2, 0) is 4.79 Å². The van der Waals surface area contributed by atoms with Crippen LogP contribution in [0.25, 0.3) is 0 Å². The molecule has 2 atom stereocenters. The van der Waals surface area contributed by atoms with Gasteiger partial charge in [-0.1, -0.05) is 0 Å². The molecule has 2 amide bonds. The highest BCUT2D eigenvalue weighted by Gasteiger charge is 2.22. The average Bonchev–Trinajstić information content (AvgIpc) is 2.75. The second-order valence-corrected chi connectivity index (χ2v) is 5.62. The molecule has 1 aromatic heterocycles. The van der Waals surface area contributed by atoms with Crippen LogP contribution in [0.3, 0.4) is 0 Å². The predicted molar refractivity (Wildman–Crippen MR) is 77.9 cm³/mol. The molecule has 0 fully saturated rings. The molecule has 1 aromatic rings. The van der Waals surface area contributed by atoms with Gasteiger partial charge in [-0.3, -0.25) is 4.79 Å². The number of hydrogen-bond acceptors (Lipinski definition) is 4. The highest BCUT2D eigenvalue weighted by Crippen LogP contribution is 2.18. The largest absolute Gasteiger partial charge is 0.481 e. The van der Waals surface area contributed by atoms with E-state index >= 15 is 0 Å². The Morgan fingerprint density at radius 1 is 1.50 bits per heavy atom. The highest BCUT2D eigenvalue weighted by atomic mass is 32.1. The molecule has 20 heavy (non-hydrogen) atoms. The van der Waals surface area contributed by atoms with Crippen molar-refractivity contribution in [3.63, 3.8) is 0 Å². The van der Waals surface area contributed by atoms with Gasteiger partial charge < -0.3 is 15.3 Å². The molecule has 0 aromatic carbocycles. The van der Waals surface area contributed by atoms with Crippen molar-refractivity contribution in [3.8, 4) is 0 Å². The number of carboxylic acids is 1. The molecule has 6 nitrogen and oxygen atoms in total. The summed E-state index contributed by atoms with van der Waals surface area (Å²) in [6.45, 7) is 7.79. The summed E-state index contributed by atoms with van der Waals surface area (Å²) >= 11 is 1.50. The Balaban J connectivity index is 2.65. The van der Waals surface area contributed by atoms with Crippen molar-refractivity contribution in [1.29, 1.82) is 0 Å². The van der Waals surface area contributed by atoms with Crippen molar-refractivity contribution in [3.05, 3.63) is 16.1 Å². The molecule has 1 heterocycles. The highest BCUT2D eigenvalue weighted by molar-refractivity contribution is 7.09. The van der Waals surface area contributed by atoms with Gasteiger partial charge >= 0.3 is 12.0 Å². The fraction of sp³-hybridized carbons (Fsp3) is 0.615. The van der Waals surface area contributed by atoms with Gasteiger partial charge in [0.15, 0.2) is 0 Å². The number of amides is 2. The number of carbonyl (C=O) groups is 2. The third-order valence-electron chi connectivity index (χ3n) is 2.95. The maximum absolute atomic E-state index is 12.2. The van der Waals surface area contributed by atoms with E-state index in [1.54, 1.807) is 6.92 Å². The summed E-state index contributed by atoms with van der Waals surface area (Å²) in [4.78, 5) is 28.8. The van der Waals surface area contributed by atoms with Crippen LogP contribution >= 0.6 is 11.3 Å². The monoisotopic (exact) mass is 299 g/mol. The number of rotatable bonds is 6. The number of nitrogens with zero attached hydrogens (tertiary/aromatic N) is 2. The summed E-state index contributed by atoms with van der Waals surface area (Å²) in [5.41, 5.74) is 0.928. The van der Waals surface area contributed by atoms with Crippen molar-refractivity contribution >= 4 is 23.3 Å². The van der Waals surface area contributed by atoms with Gasteiger partial charge in [-0.05, 0) is 27.7 Å². The van der Waals surface area contributed by atoms with Gasteiger partial charge in [0.1, 0.15) is 5.01 Å². The summed E-state index contributed by atoms with van der Waals surface area (Å²) < 4.78 is 0. The first-order valence-electron chi connectivity index (χ1n) is 6.56. The number of carbonyl (C=O) groups excluding carboxylic acids is 1. The number of carboxylic acid groups (broad SMARTS) is 1. The van der Waals surface area contributed by atoms with Gasteiger partial charge in [0.05, 0.1) is 12.5 Å². The van der Waals surface area contributed by atoms with Crippen LogP contribution in [0.2, 0.25) is 0 Å². The number of aromatic nitrogens is 1. The molecular weight excluding hydrogens is 278 g/mol. The van der Waals surface area contributed by atoms with E-state index in [1.807, 2.05) is 26.2 Å². The van der Waals surface area contributed by atoms with E-state index in [0.29, 0.717) is 6.54 Å². The molecule has 1 rings (SSSR count). The summed E-state index contributed by atoms with van der Waals surface area (Å²) in [6, 6.07) is -0.795. The molecule has 0 saturated carbocycles. The summed E-state index contributed by atoms with van der Waals surface area (Å²) in [7, 11) is 0. The maximum Gasteiger partial charge on any atom is 0.318 e. The average molecular weight is 299 g/mol. The quantitative estimate of drug-likeness (QED) is 0.845. The lowest BCUT2D eigenvalue weighted by molar-refractivity contribution is -0.138.